The Balaban J connectivity index is 1.64. The van der Waals surface area contributed by atoms with E-state index in [4.69, 9.17) is 4.43 Å². The molecule has 4 rings (SSSR count). The van der Waals surface area contributed by atoms with E-state index in [1.165, 1.54) is 19.3 Å². The van der Waals surface area contributed by atoms with Crippen LogP contribution in [0.5, 0.6) is 0 Å². The Hall–Kier alpha value is -0.0831. The largest absolute Gasteiger partial charge is 0.412 e. The molecule has 0 radical (unpaired) electrons. The number of fused-ring (bicyclic) bond motifs is 8. The maximum atomic E-state index is 6.61. The van der Waals surface area contributed by atoms with Gasteiger partial charge in [-0.15, -0.1) is 0 Å². The van der Waals surface area contributed by atoms with Crippen LogP contribution < -0.4 is 0 Å². The SMILES string of the molecule is C[Si](C)(C)O[C@]12C[C@H]1[C@H]1C[C@@H]2[C@@H]2C=CC[C@@H]21. The molecule has 6 atom stereocenters. The van der Waals surface area contributed by atoms with E-state index in [1.807, 2.05) is 0 Å². The highest BCUT2D eigenvalue weighted by atomic mass is 28.4. The fraction of sp³-hybridized carbons (Fsp3) is 0.857. The van der Waals surface area contributed by atoms with Crippen LogP contribution in [-0.2, 0) is 4.43 Å². The van der Waals surface area contributed by atoms with E-state index >= 15 is 0 Å². The van der Waals surface area contributed by atoms with E-state index in [2.05, 4.69) is 31.8 Å². The summed E-state index contributed by atoms with van der Waals surface area (Å²) in [5, 5.41) is 0. The van der Waals surface area contributed by atoms with Crippen LogP contribution in [0.1, 0.15) is 19.3 Å². The summed E-state index contributed by atoms with van der Waals surface area (Å²) in [5.41, 5.74) is 0.366. The molecule has 3 saturated carbocycles. The third-order valence-corrected chi connectivity index (χ3v) is 6.44. The standard InChI is InChI=1S/C14H22OSi/c1-16(2,3)15-14-8-13(14)11-7-12(14)10-6-4-5-9(10)11/h4,6,9-13H,5,7-8H2,1-3H3/t9-,10+,11-,12+,13-,14-/m0/s1. The lowest BCUT2D eigenvalue weighted by Gasteiger charge is -2.35. The molecular formula is C14H22OSi. The van der Waals surface area contributed by atoms with E-state index in [0.717, 1.165) is 29.6 Å². The molecule has 2 bridgehead atoms. The maximum absolute atomic E-state index is 6.61. The van der Waals surface area contributed by atoms with Gasteiger partial charge in [0.2, 0.25) is 0 Å². The molecule has 0 aliphatic heterocycles. The monoisotopic (exact) mass is 234 g/mol. The van der Waals surface area contributed by atoms with E-state index in [-0.39, 0.29) is 0 Å². The van der Waals surface area contributed by atoms with Crippen LogP contribution in [-0.4, -0.2) is 13.9 Å². The van der Waals surface area contributed by atoms with Gasteiger partial charge in [-0.05, 0) is 68.5 Å². The van der Waals surface area contributed by atoms with E-state index in [1.54, 1.807) is 0 Å². The Morgan fingerprint density at radius 2 is 2.00 bits per heavy atom. The van der Waals surface area contributed by atoms with E-state index in [9.17, 15) is 0 Å². The van der Waals surface area contributed by atoms with Gasteiger partial charge in [0, 0.05) is 0 Å². The van der Waals surface area contributed by atoms with Crippen LogP contribution in [0.4, 0.5) is 0 Å². The fourth-order valence-electron chi connectivity index (χ4n) is 5.19. The summed E-state index contributed by atoms with van der Waals surface area (Å²) in [6.45, 7) is 7.06. The minimum atomic E-state index is -1.36. The zero-order valence-corrected chi connectivity index (χ0v) is 11.6. The molecule has 0 unspecified atom stereocenters. The summed E-state index contributed by atoms with van der Waals surface area (Å²) in [4.78, 5) is 0. The fourth-order valence-corrected chi connectivity index (χ4v) is 6.71. The molecular weight excluding hydrogens is 212 g/mol. The second-order valence-corrected chi connectivity index (χ2v) is 11.8. The van der Waals surface area contributed by atoms with Crippen molar-refractivity contribution in [3.8, 4) is 0 Å². The van der Waals surface area contributed by atoms with E-state index in [0.29, 0.717) is 5.60 Å². The molecule has 0 spiro atoms. The Labute approximate surface area is 99.4 Å². The van der Waals surface area contributed by atoms with Crippen molar-refractivity contribution in [3.63, 3.8) is 0 Å². The minimum absolute atomic E-state index is 0.366. The average molecular weight is 234 g/mol. The van der Waals surface area contributed by atoms with Crippen LogP contribution in [0, 0.1) is 29.6 Å². The predicted molar refractivity (Wildman–Crippen MR) is 67.6 cm³/mol. The topological polar surface area (TPSA) is 9.23 Å². The lowest BCUT2D eigenvalue weighted by atomic mass is 9.80. The van der Waals surface area contributed by atoms with Crippen molar-refractivity contribution in [2.24, 2.45) is 29.6 Å². The first-order valence-electron chi connectivity index (χ1n) is 6.88. The van der Waals surface area contributed by atoms with Gasteiger partial charge in [0.15, 0.2) is 8.32 Å². The zero-order chi connectivity index (χ0) is 11.1. The second kappa shape index (κ2) is 2.67. The molecule has 4 aliphatic rings. The number of hydrogen-bond donors (Lipinski definition) is 0. The summed E-state index contributed by atoms with van der Waals surface area (Å²) >= 11 is 0. The lowest BCUT2D eigenvalue weighted by Crippen LogP contribution is -2.41. The molecule has 2 heteroatoms. The third kappa shape index (κ3) is 1.05. The van der Waals surface area contributed by atoms with Gasteiger partial charge < -0.3 is 4.43 Å². The van der Waals surface area contributed by atoms with Gasteiger partial charge in [0.25, 0.3) is 0 Å². The molecule has 0 heterocycles. The molecule has 4 aliphatic carbocycles. The normalized spacial score (nSPS) is 56.6. The molecule has 3 fully saturated rings. The zero-order valence-electron chi connectivity index (χ0n) is 10.6. The quantitative estimate of drug-likeness (QED) is 0.525. The molecule has 1 nitrogen and oxygen atoms in total. The number of hydrogen-bond acceptors (Lipinski definition) is 1. The van der Waals surface area contributed by atoms with Crippen molar-refractivity contribution < 1.29 is 4.43 Å². The highest BCUT2D eigenvalue weighted by Gasteiger charge is 2.75. The summed E-state index contributed by atoms with van der Waals surface area (Å²) in [6, 6.07) is 0. The number of allylic oxidation sites excluding steroid dienone is 2. The lowest BCUT2D eigenvalue weighted by molar-refractivity contribution is 0.0651. The van der Waals surface area contributed by atoms with Crippen molar-refractivity contribution in [2.75, 3.05) is 0 Å². The average Bonchev–Trinajstić information content (AvgIpc) is 2.57. The van der Waals surface area contributed by atoms with Crippen LogP contribution in [0.3, 0.4) is 0 Å². The molecule has 0 aromatic carbocycles. The van der Waals surface area contributed by atoms with Gasteiger partial charge in [-0.2, -0.15) is 0 Å². The summed E-state index contributed by atoms with van der Waals surface area (Å²) in [5.74, 6) is 4.75. The molecule has 0 aromatic rings. The van der Waals surface area contributed by atoms with Gasteiger partial charge in [-0.1, -0.05) is 12.2 Å². The molecule has 88 valence electrons. The van der Waals surface area contributed by atoms with Gasteiger partial charge in [-0.25, -0.2) is 0 Å². The van der Waals surface area contributed by atoms with Gasteiger partial charge >= 0.3 is 0 Å². The van der Waals surface area contributed by atoms with Crippen LogP contribution in [0.15, 0.2) is 12.2 Å². The molecule has 0 aromatic heterocycles. The van der Waals surface area contributed by atoms with Crippen molar-refractivity contribution in [3.05, 3.63) is 12.2 Å². The highest BCUT2D eigenvalue weighted by molar-refractivity contribution is 6.69. The van der Waals surface area contributed by atoms with Gasteiger partial charge in [0.1, 0.15) is 0 Å². The Bertz CT molecular complexity index is 369. The van der Waals surface area contributed by atoms with Crippen molar-refractivity contribution in [1.82, 2.24) is 0 Å². The summed E-state index contributed by atoms with van der Waals surface area (Å²) in [6.07, 6.45) is 9.19. The predicted octanol–water partition coefficient (Wildman–Crippen LogP) is 3.44. The Morgan fingerprint density at radius 3 is 2.75 bits per heavy atom. The summed E-state index contributed by atoms with van der Waals surface area (Å²) in [7, 11) is -1.36. The molecule has 16 heavy (non-hydrogen) atoms. The van der Waals surface area contributed by atoms with E-state index < -0.39 is 8.32 Å². The van der Waals surface area contributed by atoms with Gasteiger partial charge in [-0.3, -0.25) is 0 Å². The second-order valence-electron chi connectivity index (χ2n) is 7.39. The van der Waals surface area contributed by atoms with Crippen molar-refractivity contribution in [2.45, 2.75) is 44.5 Å². The molecule has 0 amide bonds. The van der Waals surface area contributed by atoms with Crippen LogP contribution >= 0.6 is 0 Å². The summed E-state index contributed by atoms with van der Waals surface area (Å²) < 4.78 is 6.61. The van der Waals surface area contributed by atoms with Crippen LogP contribution in [0.2, 0.25) is 19.6 Å². The minimum Gasteiger partial charge on any atom is -0.412 e. The maximum Gasteiger partial charge on any atom is 0.184 e. The highest BCUT2D eigenvalue weighted by Crippen LogP contribution is 2.75. The van der Waals surface area contributed by atoms with Crippen LogP contribution in [0.25, 0.3) is 0 Å². The molecule has 0 N–H and O–H groups in total. The van der Waals surface area contributed by atoms with Crippen molar-refractivity contribution >= 4 is 8.32 Å². The van der Waals surface area contributed by atoms with Gasteiger partial charge in [0.05, 0.1) is 5.60 Å². The van der Waals surface area contributed by atoms with Crippen molar-refractivity contribution in [1.29, 1.82) is 0 Å². The third-order valence-electron chi connectivity index (χ3n) is 5.45. The first kappa shape index (κ1) is 9.90. The first-order valence-corrected chi connectivity index (χ1v) is 10.3. The Morgan fingerprint density at radius 1 is 1.19 bits per heavy atom. The molecule has 0 saturated heterocycles. The smallest absolute Gasteiger partial charge is 0.184 e. The Kier molecular flexibility index (Phi) is 1.65. The number of rotatable bonds is 2. The first-order chi connectivity index (χ1) is 7.51.